The third-order valence-electron chi connectivity index (χ3n) is 8.50. The Bertz CT molecular complexity index is 2330. The largest absolute Gasteiger partial charge is 0.311 e. The van der Waals surface area contributed by atoms with Crippen LogP contribution in [0.15, 0.2) is 158 Å². The standard InChI is InChI=1S/C39H26N4/c1-4-12-27(13-5-1)39-40-26-36-32-18-10-19-33-37(32)38-34(20-11-21-35(38)43(36)39)42(33)31-24-22-30(23-25-31)41(28-14-6-2-7-15-28)29-16-8-3-9-17-29/h1-26H. The predicted octanol–water partition coefficient (Wildman–Crippen LogP) is 10.2. The van der Waals surface area contributed by atoms with E-state index in [1.54, 1.807) is 0 Å². The lowest BCUT2D eigenvalue weighted by Crippen LogP contribution is -2.09. The molecule has 9 aromatic rings. The smallest absolute Gasteiger partial charge is 0.145 e. The zero-order valence-electron chi connectivity index (χ0n) is 23.3. The lowest BCUT2D eigenvalue weighted by atomic mass is 10.0. The minimum absolute atomic E-state index is 0.963. The van der Waals surface area contributed by atoms with E-state index in [2.05, 4.69) is 159 Å². The Morgan fingerprint density at radius 1 is 0.442 bits per heavy atom. The van der Waals surface area contributed by atoms with Gasteiger partial charge in [-0.25, -0.2) is 4.98 Å². The summed E-state index contributed by atoms with van der Waals surface area (Å²) in [7, 11) is 0. The SMILES string of the molecule is c1ccc(-c2ncc3c4cccc5c4c4c(cccc4n23)n5-c2ccc(N(c3ccccc3)c3ccccc3)cc2)cc1. The molecular formula is C39H26N4. The van der Waals surface area contributed by atoms with Crippen molar-refractivity contribution in [3.8, 4) is 17.1 Å². The number of benzene rings is 6. The number of hydrogen-bond donors (Lipinski definition) is 0. The first kappa shape index (κ1) is 23.8. The molecule has 4 heteroatoms. The summed E-state index contributed by atoms with van der Waals surface area (Å²) in [5.41, 5.74) is 10.3. The first-order chi connectivity index (χ1) is 21.4. The first-order valence-corrected chi connectivity index (χ1v) is 14.6. The molecule has 0 fully saturated rings. The predicted molar refractivity (Wildman–Crippen MR) is 178 cm³/mol. The average molecular weight is 551 g/mol. The highest BCUT2D eigenvalue weighted by atomic mass is 15.1. The van der Waals surface area contributed by atoms with Crippen LogP contribution in [0, 0.1) is 0 Å². The number of nitrogens with zero attached hydrogens (tertiary/aromatic N) is 4. The molecule has 0 N–H and O–H groups in total. The highest BCUT2D eigenvalue weighted by Gasteiger charge is 2.22. The van der Waals surface area contributed by atoms with Gasteiger partial charge in [-0.1, -0.05) is 84.9 Å². The van der Waals surface area contributed by atoms with Gasteiger partial charge in [-0.2, -0.15) is 0 Å². The molecule has 0 atom stereocenters. The third kappa shape index (κ3) is 3.53. The van der Waals surface area contributed by atoms with Gasteiger partial charge in [-0.3, -0.25) is 4.40 Å². The van der Waals surface area contributed by atoms with E-state index in [1.165, 1.54) is 32.7 Å². The van der Waals surface area contributed by atoms with Crippen molar-refractivity contribution < 1.29 is 0 Å². The number of para-hydroxylation sites is 2. The van der Waals surface area contributed by atoms with Crippen molar-refractivity contribution in [2.45, 2.75) is 0 Å². The third-order valence-corrected chi connectivity index (χ3v) is 8.50. The van der Waals surface area contributed by atoms with Crippen molar-refractivity contribution in [2.75, 3.05) is 4.90 Å². The highest BCUT2D eigenvalue weighted by molar-refractivity contribution is 6.26. The summed E-state index contributed by atoms with van der Waals surface area (Å²) in [6, 6.07) is 53.7. The van der Waals surface area contributed by atoms with E-state index in [1.807, 2.05) is 12.3 Å². The number of pyridine rings is 1. The molecule has 0 saturated heterocycles. The summed E-state index contributed by atoms with van der Waals surface area (Å²) < 4.78 is 4.73. The minimum Gasteiger partial charge on any atom is -0.311 e. The quantitative estimate of drug-likeness (QED) is 0.199. The van der Waals surface area contributed by atoms with Gasteiger partial charge in [0.15, 0.2) is 0 Å². The van der Waals surface area contributed by atoms with Gasteiger partial charge in [0.1, 0.15) is 5.82 Å². The topological polar surface area (TPSA) is 25.5 Å². The monoisotopic (exact) mass is 550 g/mol. The Labute approximate surface area is 248 Å². The van der Waals surface area contributed by atoms with E-state index < -0.39 is 0 Å². The van der Waals surface area contributed by atoms with Crippen molar-refractivity contribution in [1.82, 2.24) is 14.0 Å². The maximum absolute atomic E-state index is 4.91. The molecule has 43 heavy (non-hydrogen) atoms. The second kappa shape index (κ2) is 9.33. The van der Waals surface area contributed by atoms with Crippen LogP contribution in [-0.2, 0) is 0 Å². The number of aromatic nitrogens is 3. The molecule has 0 spiro atoms. The van der Waals surface area contributed by atoms with E-state index >= 15 is 0 Å². The second-order valence-corrected chi connectivity index (χ2v) is 10.9. The van der Waals surface area contributed by atoms with E-state index in [0.29, 0.717) is 0 Å². The number of imidazole rings is 1. The molecule has 3 aromatic heterocycles. The molecule has 9 rings (SSSR count). The maximum Gasteiger partial charge on any atom is 0.145 e. The molecule has 0 bridgehead atoms. The highest BCUT2D eigenvalue weighted by Crippen LogP contribution is 2.42. The Morgan fingerprint density at radius 3 is 1.67 bits per heavy atom. The van der Waals surface area contributed by atoms with Crippen molar-refractivity contribution in [3.63, 3.8) is 0 Å². The molecule has 0 radical (unpaired) electrons. The molecule has 0 aliphatic rings. The molecule has 0 amide bonds. The summed E-state index contributed by atoms with van der Waals surface area (Å²) in [5, 5.41) is 3.75. The van der Waals surface area contributed by atoms with Crippen LogP contribution >= 0.6 is 0 Å². The summed E-state index contributed by atoms with van der Waals surface area (Å²) in [5.74, 6) is 0.963. The molecule has 0 unspecified atom stereocenters. The van der Waals surface area contributed by atoms with Crippen LogP contribution in [0.25, 0.3) is 55.3 Å². The van der Waals surface area contributed by atoms with Gasteiger partial charge in [-0.15, -0.1) is 0 Å². The summed E-state index contributed by atoms with van der Waals surface area (Å²) in [4.78, 5) is 7.21. The molecular weight excluding hydrogens is 524 g/mol. The fourth-order valence-corrected chi connectivity index (χ4v) is 6.70. The van der Waals surface area contributed by atoms with Gasteiger partial charge < -0.3 is 9.47 Å². The maximum atomic E-state index is 4.91. The Hall–Kier alpha value is -5.87. The van der Waals surface area contributed by atoms with Gasteiger partial charge in [0.25, 0.3) is 0 Å². The summed E-state index contributed by atoms with van der Waals surface area (Å²) in [6.45, 7) is 0. The van der Waals surface area contributed by atoms with Crippen molar-refractivity contribution in [2.24, 2.45) is 0 Å². The molecule has 4 nitrogen and oxygen atoms in total. The normalized spacial score (nSPS) is 11.7. The van der Waals surface area contributed by atoms with E-state index in [9.17, 15) is 0 Å². The zero-order valence-corrected chi connectivity index (χ0v) is 23.3. The lowest BCUT2D eigenvalue weighted by molar-refractivity contribution is 1.17. The van der Waals surface area contributed by atoms with Crippen LogP contribution in [0.5, 0.6) is 0 Å². The minimum atomic E-state index is 0.963. The van der Waals surface area contributed by atoms with Crippen LogP contribution < -0.4 is 4.90 Å². The van der Waals surface area contributed by atoms with Gasteiger partial charge in [0, 0.05) is 44.5 Å². The van der Waals surface area contributed by atoms with Gasteiger partial charge in [0.2, 0.25) is 0 Å². The number of anilines is 3. The van der Waals surface area contributed by atoms with E-state index in [-0.39, 0.29) is 0 Å². The Balaban J connectivity index is 1.27. The zero-order chi connectivity index (χ0) is 28.3. The number of hydrogen-bond acceptors (Lipinski definition) is 2. The molecule has 3 heterocycles. The molecule has 0 aliphatic carbocycles. The molecule has 6 aromatic carbocycles. The van der Waals surface area contributed by atoms with Gasteiger partial charge in [0.05, 0.1) is 28.3 Å². The fraction of sp³-hybridized carbons (Fsp3) is 0. The second-order valence-electron chi connectivity index (χ2n) is 10.9. The van der Waals surface area contributed by atoms with Crippen LogP contribution in [-0.4, -0.2) is 14.0 Å². The fourth-order valence-electron chi connectivity index (χ4n) is 6.70. The Morgan fingerprint density at radius 2 is 1.00 bits per heavy atom. The Kier molecular flexibility index (Phi) is 5.16. The van der Waals surface area contributed by atoms with E-state index in [4.69, 9.17) is 4.98 Å². The van der Waals surface area contributed by atoms with Crippen molar-refractivity contribution in [1.29, 1.82) is 0 Å². The molecule has 202 valence electrons. The first-order valence-electron chi connectivity index (χ1n) is 14.6. The van der Waals surface area contributed by atoms with Crippen LogP contribution in [0.3, 0.4) is 0 Å². The number of fused-ring (bicyclic) bond motifs is 3. The molecule has 0 saturated carbocycles. The number of rotatable bonds is 5. The van der Waals surface area contributed by atoms with Crippen LogP contribution in [0.4, 0.5) is 17.1 Å². The van der Waals surface area contributed by atoms with Crippen LogP contribution in [0.2, 0.25) is 0 Å². The van der Waals surface area contributed by atoms with Crippen molar-refractivity contribution >= 4 is 55.3 Å². The average Bonchev–Trinajstić information content (AvgIpc) is 3.68. The molecule has 0 aliphatic heterocycles. The van der Waals surface area contributed by atoms with Crippen molar-refractivity contribution in [3.05, 3.63) is 158 Å². The summed E-state index contributed by atoms with van der Waals surface area (Å²) in [6.07, 6.45) is 2.02. The van der Waals surface area contributed by atoms with Gasteiger partial charge >= 0.3 is 0 Å². The lowest BCUT2D eigenvalue weighted by Gasteiger charge is -2.25. The summed E-state index contributed by atoms with van der Waals surface area (Å²) >= 11 is 0. The van der Waals surface area contributed by atoms with Crippen LogP contribution in [0.1, 0.15) is 0 Å². The van der Waals surface area contributed by atoms with Gasteiger partial charge in [-0.05, 0) is 66.7 Å². The van der Waals surface area contributed by atoms with E-state index in [0.717, 1.165) is 39.7 Å².